The molecule has 766 valence electrons. The lowest BCUT2D eigenvalue weighted by Crippen LogP contribution is -2.63. The highest BCUT2D eigenvalue weighted by atomic mass is 16.5. The number of likely N-dealkylation sites (N-methyl/N-ethyl adjacent to an activating group) is 6. The minimum absolute atomic E-state index is 0.0187. The maximum atomic E-state index is 15.5. The molecule has 1 aromatic rings. The van der Waals surface area contributed by atoms with Gasteiger partial charge in [0.1, 0.15) is 90.7 Å². The van der Waals surface area contributed by atoms with Gasteiger partial charge in [-0.15, -0.1) is 0 Å². The molecule has 0 aliphatic carbocycles. The van der Waals surface area contributed by atoms with Crippen molar-refractivity contribution in [3.63, 3.8) is 0 Å². The minimum Gasteiger partial charge on any atom is -0.458 e. The molecule has 2 aliphatic heterocycles. The first-order valence-electron chi connectivity index (χ1n) is 44.6. The van der Waals surface area contributed by atoms with E-state index in [1.54, 1.807) is 98.0 Å². The summed E-state index contributed by atoms with van der Waals surface area (Å²) >= 11 is 0. The van der Waals surface area contributed by atoms with Gasteiger partial charge in [0.15, 0.2) is 0 Å². The minimum atomic E-state index is -2.40. The first-order chi connectivity index (χ1) is 64.2. The van der Waals surface area contributed by atoms with Crippen LogP contribution in [0.2, 0.25) is 0 Å². The number of nitrogens with zero attached hydrogens (tertiary/aromatic N) is 6. The quantitative estimate of drug-likeness (QED) is 0.0281. The van der Waals surface area contributed by atoms with E-state index < -0.39 is 332 Å². The molecular formula is C87H136N24O27. The topological polar surface area (TPSA) is 751 Å². The van der Waals surface area contributed by atoms with Crippen molar-refractivity contribution in [2.75, 3.05) is 62.5 Å². The third-order valence-corrected chi connectivity index (χ3v) is 23.1. The Balaban J connectivity index is 2.28. The van der Waals surface area contributed by atoms with Crippen LogP contribution in [0.15, 0.2) is 41.6 Å². The number of carbonyl (C=O) groups excluding carboxylic acids is 25. The molecule has 2 heterocycles. The number of ether oxygens (including phenoxy) is 2. The third-order valence-electron chi connectivity index (χ3n) is 23.1. The highest BCUT2D eigenvalue weighted by molar-refractivity contribution is 6.05. The Morgan fingerprint density at radius 2 is 1.04 bits per heavy atom. The number of nitrogens with two attached hydrogens (primary N) is 5. The van der Waals surface area contributed by atoms with Crippen molar-refractivity contribution in [3.8, 4) is 0 Å². The molecular weight excluding hydrogens is 1810 g/mol. The number of benzene rings is 1. The van der Waals surface area contributed by atoms with Gasteiger partial charge < -0.3 is 131 Å². The van der Waals surface area contributed by atoms with Crippen LogP contribution in [0.5, 0.6) is 0 Å². The number of urea groups is 1. The van der Waals surface area contributed by atoms with E-state index in [1.165, 1.54) is 42.2 Å². The predicted octanol–water partition coefficient (Wildman–Crippen LogP) is -7.66. The molecule has 0 saturated carbocycles. The molecule has 1 fully saturated rings. The zero-order valence-electron chi connectivity index (χ0n) is 81.6. The Kier molecular flexibility index (Phi) is 46.3. The molecule has 18 atom stereocenters. The van der Waals surface area contributed by atoms with Crippen molar-refractivity contribution >= 4 is 148 Å². The van der Waals surface area contributed by atoms with E-state index in [1.807, 2.05) is 0 Å². The number of hydrogen-bond acceptors (Lipinski definition) is 27. The van der Waals surface area contributed by atoms with Crippen molar-refractivity contribution in [2.45, 2.75) is 258 Å². The summed E-state index contributed by atoms with van der Waals surface area (Å²) in [4.78, 5) is 355. The highest BCUT2D eigenvalue weighted by Crippen LogP contribution is 2.27. The van der Waals surface area contributed by atoms with Crippen LogP contribution in [-0.4, -0.2) is 337 Å². The van der Waals surface area contributed by atoms with Gasteiger partial charge in [0.05, 0.1) is 64.8 Å². The molecule has 0 aromatic heterocycles. The predicted molar refractivity (Wildman–Crippen MR) is 488 cm³/mol. The van der Waals surface area contributed by atoms with E-state index in [9.17, 15) is 91.1 Å². The SMILES string of the molecule is CC[C@@H](C)[C@H](C(=O)N(C)[C@H](C(=O)N(C)[C@@H](CC(C)C)C(=O)N[C@@H](CC(N)=O)C(=O)N[C@@H]1C(=O)N[C@@H](CC(N)=O)C(=O)N(C)CC(=O)N[C@@H](CC(N)=O)C(=O)NC(C)C(=O)NCC(=O)N[C@H]2CC(=O)N/C2=C(/C)C(=O)N[C@@H](CC(=O)NC(N)=O)C(=O)N[C@H](C)C(=O)NC([C@@H](C)CC)C(=O)O[C@@H]1C)C(C)C)N(C)C(=O)[C@H](CC(N)=O)N(C)C(=O)[C@H](C(C)C)N(C)C(=O)[C@@H](Cc1ccccc1)NC(=O)OC. The lowest BCUT2D eigenvalue weighted by Gasteiger charge is -2.42. The number of imide groups is 1. The second-order valence-electron chi connectivity index (χ2n) is 35.3. The Hall–Kier alpha value is -14.5. The average molecular weight is 1950 g/mol. The number of cyclic esters (lactones) is 1. The molecule has 51 heteroatoms. The zero-order valence-corrected chi connectivity index (χ0v) is 81.6. The summed E-state index contributed by atoms with van der Waals surface area (Å²) in [5.41, 5.74) is 27.7. The number of hydrogen-bond donors (Lipinski definition) is 18. The molecule has 23 N–H and O–H groups in total. The van der Waals surface area contributed by atoms with Crippen LogP contribution in [0, 0.1) is 29.6 Å². The summed E-state index contributed by atoms with van der Waals surface area (Å²) in [6.07, 6.45) is -8.75. The van der Waals surface area contributed by atoms with E-state index in [-0.39, 0.29) is 31.4 Å². The summed E-state index contributed by atoms with van der Waals surface area (Å²) < 4.78 is 10.7. The van der Waals surface area contributed by atoms with Gasteiger partial charge >= 0.3 is 18.1 Å². The monoisotopic (exact) mass is 1950 g/mol. The number of primary amides is 5. The maximum Gasteiger partial charge on any atom is 0.407 e. The van der Waals surface area contributed by atoms with Crippen molar-refractivity contribution in [3.05, 3.63) is 47.2 Å². The van der Waals surface area contributed by atoms with Gasteiger partial charge in [-0.1, -0.05) is 112 Å². The largest absolute Gasteiger partial charge is 0.458 e. The summed E-state index contributed by atoms with van der Waals surface area (Å²) in [5, 5.41) is 29.5. The van der Waals surface area contributed by atoms with E-state index in [0.717, 1.165) is 66.4 Å². The summed E-state index contributed by atoms with van der Waals surface area (Å²) in [5.74, 6) is -30.4. The molecule has 2 aliphatic rings. The second kappa shape index (κ2) is 54.3. The van der Waals surface area contributed by atoms with Crippen molar-refractivity contribution in [1.82, 2.24) is 98.5 Å². The molecule has 3 rings (SSSR count). The molecule has 138 heavy (non-hydrogen) atoms. The van der Waals surface area contributed by atoms with E-state index in [4.69, 9.17) is 38.1 Å². The number of methoxy groups -OCH3 is 1. The van der Waals surface area contributed by atoms with Crippen LogP contribution in [0.25, 0.3) is 0 Å². The van der Waals surface area contributed by atoms with Gasteiger partial charge in [-0.05, 0) is 69.3 Å². The van der Waals surface area contributed by atoms with Gasteiger partial charge in [0.2, 0.25) is 130 Å². The fourth-order valence-corrected chi connectivity index (χ4v) is 15.2. The summed E-state index contributed by atoms with van der Waals surface area (Å²) in [6, 6.07) is -19.1. The van der Waals surface area contributed by atoms with E-state index in [2.05, 4.69) is 63.8 Å². The fraction of sp³-hybridized carbons (Fsp3) is 0.621. The third kappa shape index (κ3) is 35.0. The number of rotatable bonds is 35. The number of fused-ring (bicyclic) bond motifs is 1. The number of nitrogens with one attached hydrogen (secondary N) is 13. The van der Waals surface area contributed by atoms with Crippen LogP contribution < -0.4 is 97.8 Å². The van der Waals surface area contributed by atoms with Gasteiger partial charge in [-0.3, -0.25) is 111 Å². The normalized spacial score (nSPS) is 21.9. The fourth-order valence-electron chi connectivity index (χ4n) is 15.2. The van der Waals surface area contributed by atoms with Gasteiger partial charge in [0.25, 0.3) is 0 Å². The molecule has 2 unspecified atom stereocenters. The van der Waals surface area contributed by atoms with E-state index in [0.29, 0.717) is 10.5 Å². The first kappa shape index (κ1) is 118. The molecule has 51 nitrogen and oxygen atoms in total. The summed E-state index contributed by atoms with van der Waals surface area (Å²) in [7, 11) is 8.23. The van der Waals surface area contributed by atoms with Crippen LogP contribution in [0.1, 0.15) is 160 Å². The smallest absolute Gasteiger partial charge is 0.407 e. The van der Waals surface area contributed by atoms with Crippen LogP contribution in [-0.2, 0) is 126 Å². The van der Waals surface area contributed by atoms with E-state index >= 15 is 28.8 Å². The average Bonchev–Trinajstić information content (AvgIpc) is 0.894. The highest BCUT2D eigenvalue weighted by Gasteiger charge is 2.48. The van der Waals surface area contributed by atoms with Gasteiger partial charge in [-0.25, -0.2) is 14.4 Å². The van der Waals surface area contributed by atoms with Crippen LogP contribution in [0.3, 0.4) is 0 Å². The Bertz CT molecular complexity index is 4740. The number of amides is 25. The molecule has 25 amide bonds. The standard InChI is InChI=1S/C87H136N24O27/c1-22-42(9)65-85(134)138-47(14)67(78(127)100-54(33-59(90)114)79(128)106(15)38-64(119)97-50(31-57(88)112)74(123)94-45(12)72(121)93-37-63(118)96-49-34-61(116)102-66(49)44(11)71(120)98-52(35-62(117)103-86(92)135)75(124)95-46(13)73(122)104-65)105-76(125)51(32-58(89)113)99-77(126)55(29-39(3)4)107(16)82(131)69(41(7)8)110(19)84(133)70(43(10)23-2)111(20)81(130)56(36-60(91)115)108(17)83(132)68(40(5)6)109(18)80(129)53(101-87(136)137-21)30-48-27-25-24-26-28-48/h24-28,39-43,45-47,49-56,65,67-70H,22-23,29-38H2,1-21H3,(H2,88,112)(H2,89,113)(H2,90,114)(H2,91,115)(H,93,121)(H,94,123)(H,95,124)(H,96,118)(H,97,119)(H,98,120)(H,99,126)(H,100,127)(H,101,136)(H,102,116)(H,104,122)(H,105,125)(H3,92,103,117,135)/b66-44-/t42-,43+,45?,46+,47+,49-,50-,51-,52-,53+,54-,55-,56-,65?,67-,68-,69-,70+/m0/s1. The van der Waals surface area contributed by atoms with Gasteiger partial charge in [0, 0.05) is 60.0 Å². The Labute approximate surface area is 798 Å². The molecule has 1 saturated heterocycles. The number of alkyl carbamates (subject to hydrolysis) is 1. The Morgan fingerprint density at radius 1 is 0.529 bits per heavy atom. The zero-order chi connectivity index (χ0) is 105. The first-order valence-corrected chi connectivity index (χ1v) is 44.6. The lowest BCUT2D eigenvalue weighted by atomic mass is 9.92. The molecule has 0 bridgehead atoms. The number of esters is 1. The van der Waals surface area contributed by atoms with Crippen molar-refractivity contribution < 1.29 is 129 Å². The molecule has 0 spiro atoms. The van der Waals surface area contributed by atoms with Crippen LogP contribution >= 0.6 is 0 Å². The maximum absolute atomic E-state index is 15.5. The number of carbonyl (C=O) groups is 25. The lowest BCUT2D eigenvalue weighted by molar-refractivity contribution is -0.158. The summed E-state index contributed by atoms with van der Waals surface area (Å²) in [6.45, 7) is 18.2. The van der Waals surface area contributed by atoms with Crippen molar-refractivity contribution in [1.29, 1.82) is 0 Å². The second-order valence-corrected chi connectivity index (χ2v) is 35.3. The Morgan fingerprint density at radius 3 is 1.55 bits per heavy atom. The van der Waals surface area contributed by atoms with Crippen molar-refractivity contribution in [2.24, 2.45) is 58.3 Å². The van der Waals surface area contributed by atoms with Crippen LogP contribution in [0.4, 0.5) is 9.59 Å². The molecule has 0 radical (unpaired) electrons. The molecule has 1 aromatic carbocycles. The van der Waals surface area contributed by atoms with Gasteiger partial charge in [-0.2, -0.15) is 0 Å².